The van der Waals surface area contributed by atoms with Crippen LogP contribution in [0.1, 0.15) is 5.69 Å². The van der Waals surface area contributed by atoms with E-state index in [1.165, 1.54) is 18.4 Å². The van der Waals surface area contributed by atoms with Crippen molar-refractivity contribution in [2.75, 3.05) is 24.7 Å². The van der Waals surface area contributed by atoms with E-state index in [0.717, 1.165) is 10.00 Å². The van der Waals surface area contributed by atoms with Crippen LogP contribution in [-0.2, 0) is 16.0 Å². The van der Waals surface area contributed by atoms with Gasteiger partial charge in [0.25, 0.3) is 0 Å². The van der Waals surface area contributed by atoms with Crippen molar-refractivity contribution in [1.82, 2.24) is 14.6 Å². The van der Waals surface area contributed by atoms with Crippen molar-refractivity contribution in [3.05, 3.63) is 11.1 Å². The Morgan fingerprint density at radius 3 is 3.00 bits per heavy atom. The first kappa shape index (κ1) is 18.3. The summed E-state index contributed by atoms with van der Waals surface area (Å²) in [5, 5.41) is 15.1. The number of nitrogens with one attached hydrogen (secondary N) is 3. The molecule has 0 saturated heterocycles. The second-order valence-electron chi connectivity index (χ2n) is 4.49. The first-order valence-corrected chi connectivity index (χ1v) is 10.0. The van der Waals surface area contributed by atoms with E-state index in [-0.39, 0.29) is 17.9 Å². The molecule has 0 fully saturated rings. The molecule has 11 nitrogen and oxygen atoms in total. The number of anilines is 1. The van der Waals surface area contributed by atoms with Gasteiger partial charge >= 0.3 is 10.2 Å². The van der Waals surface area contributed by atoms with Crippen LogP contribution in [0.15, 0.2) is 14.8 Å². The highest BCUT2D eigenvalue weighted by Gasteiger charge is 2.25. The van der Waals surface area contributed by atoms with Crippen molar-refractivity contribution in [2.24, 2.45) is 20.9 Å². The maximum atomic E-state index is 11.7. The van der Waals surface area contributed by atoms with Crippen molar-refractivity contribution in [1.29, 1.82) is 5.41 Å². The van der Waals surface area contributed by atoms with Gasteiger partial charge in [-0.05, 0) is 0 Å². The Labute approximate surface area is 147 Å². The summed E-state index contributed by atoms with van der Waals surface area (Å²) in [5.74, 6) is 1.09. The largest absolute Gasteiger partial charge is 0.370 e. The Hall–Kier alpha value is -2.06. The number of guanidine groups is 3. The van der Waals surface area contributed by atoms with E-state index in [2.05, 4.69) is 25.0 Å². The third kappa shape index (κ3) is 4.97. The number of nitrogens with zero attached hydrogens (tertiary/aromatic N) is 4. The Balaban J connectivity index is 1.74. The molecule has 0 aromatic carbocycles. The standard InChI is InChI=1S/C10H17N9O2S3/c1-19-9(17-8(13)18-24(19,20)21)14-2-3-22-4-6-5-23-10(15-6)16-7(11)12/h5H,2-4H2,1H3,(H4,11,12,15,16)(H3,13,14,17,18). The van der Waals surface area contributed by atoms with E-state index in [0.29, 0.717) is 23.2 Å². The molecule has 2 heterocycles. The number of hydrogen-bond acceptors (Lipinski definition) is 9. The zero-order valence-corrected chi connectivity index (χ0v) is 15.1. The lowest BCUT2D eigenvalue weighted by atomic mass is 10.6. The summed E-state index contributed by atoms with van der Waals surface area (Å²) >= 11 is 2.99. The number of thioether (sulfide) groups is 1. The van der Waals surface area contributed by atoms with Gasteiger partial charge in [0.15, 0.2) is 11.1 Å². The van der Waals surface area contributed by atoms with E-state index < -0.39 is 10.2 Å². The fourth-order valence-electron chi connectivity index (χ4n) is 1.60. The van der Waals surface area contributed by atoms with Gasteiger partial charge < -0.3 is 22.1 Å². The fourth-order valence-corrected chi connectivity index (χ4v) is 3.90. The lowest BCUT2D eigenvalue weighted by Gasteiger charge is -2.22. The van der Waals surface area contributed by atoms with E-state index in [1.54, 1.807) is 11.8 Å². The summed E-state index contributed by atoms with van der Waals surface area (Å²) in [6, 6.07) is 0. The molecule has 0 atom stereocenters. The molecular weight excluding hydrogens is 374 g/mol. The van der Waals surface area contributed by atoms with Crippen LogP contribution in [-0.4, -0.2) is 54.9 Å². The van der Waals surface area contributed by atoms with Crippen molar-refractivity contribution in [2.45, 2.75) is 5.75 Å². The van der Waals surface area contributed by atoms with Crippen LogP contribution < -0.4 is 22.1 Å². The number of nitrogens with two attached hydrogens (primary N) is 2. The highest BCUT2D eigenvalue weighted by Crippen LogP contribution is 2.19. The minimum atomic E-state index is -3.80. The zero-order valence-electron chi connectivity index (χ0n) is 12.7. The molecule has 0 bridgehead atoms. The Morgan fingerprint density at radius 1 is 1.54 bits per heavy atom. The quantitative estimate of drug-likeness (QED) is 0.236. The van der Waals surface area contributed by atoms with Crippen LogP contribution in [0.5, 0.6) is 0 Å². The van der Waals surface area contributed by atoms with Gasteiger partial charge in [-0.3, -0.25) is 5.41 Å². The van der Waals surface area contributed by atoms with Crippen LogP contribution in [0.25, 0.3) is 0 Å². The highest BCUT2D eigenvalue weighted by molar-refractivity contribution is 7.98. The summed E-state index contributed by atoms with van der Waals surface area (Å²) in [4.78, 5) is 8.15. The first-order chi connectivity index (χ1) is 11.3. The van der Waals surface area contributed by atoms with E-state index in [4.69, 9.17) is 16.9 Å². The second kappa shape index (κ2) is 7.67. The number of hydrogen-bond donors (Lipinski definition) is 5. The molecule has 132 valence electrons. The Bertz CT molecular complexity index is 770. The summed E-state index contributed by atoms with van der Waals surface area (Å²) in [6.45, 7) is 0.499. The number of thiazole rings is 1. The van der Waals surface area contributed by atoms with Crippen molar-refractivity contribution in [3.8, 4) is 0 Å². The van der Waals surface area contributed by atoms with Crippen LogP contribution in [0, 0.1) is 5.41 Å². The molecule has 1 aromatic heterocycles. The molecule has 2 rings (SSSR count). The maximum absolute atomic E-state index is 11.7. The van der Waals surface area contributed by atoms with Crippen molar-refractivity contribution >= 4 is 56.3 Å². The van der Waals surface area contributed by atoms with Gasteiger partial charge in [-0.1, -0.05) is 0 Å². The monoisotopic (exact) mass is 391 g/mol. The fraction of sp³-hybridized carbons (Fsp3) is 0.400. The van der Waals surface area contributed by atoms with E-state index in [9.17, 15) is 8.42 Å². The Morgan fingerprint density at radius 2 is 2.29 bits per heavy atom. The predicted molar refractivity (Wildman–Crippen MR) is 97.6 cm³/mol. The van der Waals surface area contributed by atoms with E-state index in [1.807, 2.05) is 5.38 Å². The molecule has 7 N–H and O–H groups in total. The summed E-state index contributed by atoms with van der Waals surface area (Å²) < 4.78 is 27.5. The summed E-state index contributed by atoms with van der Waals surface area (Å²) in [6.07, 6.45) is 0. The summed E-state index contributed by atoms with van der Waals surface area (Å²) in [5.41, 5.74) is 11.5. The minimum Gasteiger partial charge on any atom is -0.370 e. The SMILES string of the molecule is CN1C(NCCSCc2csc(NC(=N)N)n2)=NC(N)=NS1(=O)=O. The third-order valence-electron chi connectivity index (χ3n) is 2.65. The molecule has 14 heteroatoms. The van der Waals surface area contributed by atoms with Crippen LogP contribution in [0.4, 0.5) is 5.13 Å². The molecule has 0 saturated carbocycles. The van der Waals surface area contributed by atoms with Crippen molar-refractivity contribution in [3.63, 3.8) is 0 Å². The maximum Gasteiger partial charge on any atom is 0.350 e. The van der Waals surface area contributed by atoms with Gasteiger partial charge in [0, 0.05) is 30.5 Å². The molecule has 0 aliphatic carbocycles. The van der Waals surface area contributed by atoms with Crippen LogP contribution >= 0.6 is 23.1 Å². The molecule has 0 unspecified atom stereocenters. The number of aromatic nitrogens is 1. The molecule has 1 aliphatic rings. The smallest absolute Gasteiger partial charge is 0.350 e. The van der Waals surface area contributed by atoms with Crippen molar-refractivity contribution < 1.29 is 8.42 Å². The number of aliphatic imine (C=N–C) groups is 1. The average molecular weight is 392 g/mol. The Kier molecular flexibility index (Phi) is 5.84. The third-order valence-corrected chi connectivity index (χ3v) is 5.73. The zero-order chi connectivity index (χ0) is 17.7. The molecule has 24 heavy (non-hydrogen) atoms. The normalized spacial score (nSPS) is 16.3. The molecule has 1 aromatic rings. The van der Waals surface area contributed by atoms with Gasteiger partial charge in [0.1, 0.15) is 0 Å². The minimum absolute atomic E-state index is 0.143. The lowest BCUT2D eigenvalue weighted by molar-refractivity contribution is 0.546. The molecule has 0 amide bonds. The van der Waals surface area contributed by atoms with Gasteiger partial charge in [-0.2, -0.15) is 25.2 Å². The molecule has 1 aliphatic heterocycles. The predicted octanol–water partition coefficient (Wildman–Crippen LogP) is -0.868. The van der Waals surface area contributed by atoms with Gasteiger partial charge in [-0.15, -0.1) is 15.7 Å². The van der Waals surface area contributed by atoms with Gasteiger partial charge in [0.2, 0.25) is 11.9 Å². The van der Waals surface area contributed by atoms with Crippen LogP contribution in [0.2, 0.25) is 0 Å². The number of rotatable bonds is 6. The average Bonchev–Trinajstić information content (AvgIpc) is 2.89. The van der Waals surface area contributed by atoms with E-state index >= 15 is 0 Å². The lowest BCUT2D eigenvalue weighted by Crippen LogP contribution is -2.46. The highest BCUT2D eigenvalue weighted by atomic mass is 32.2. The molecule has 0 radical (unpaired) electrons. The second-order valence-corrected chi connectivity index (χ2v) is 8.08. The van der Waals surface area contributed by atoms with Gasteiger partial charge in [0.05, 0.1) is 5.69 Å². The molecule has 0 spiro atoms. The molecular formula is C10H17N9O2S3. The topological polar surface area (TPSA) is 175 Å². The summed E-state index contributed by atoms with van der Waals surface area (Å²) in [7, 11) is -2.45. The van der Waals surface area contributed by atoms with Crippen LogP contribution in [0.3, 0.4) is 0 Å². The van der Waals surface area contributed by atoms with Gasteiger partial charge in [-0.25, -0.2) is 9.29 Å². The first-order valence-electron chi connectivity index (χ1n) is 6.58.